The highest BCUT2D eigenvalue weighted by molar-refractivity contribution is 6.30. The van der Waals surface area contributed by atoms with Crippen LogP contribution in [0.5, 0.6) is 0 Å². The van der Waals surface area contributed by atoms with Gasteiger partial charge in [0, 0.05) is 48.0 Å². The van der Waals surface area contributed by atoms with E-state index in [2.05, 4.69) is 47.1 Å². The molecular formula is C25H25ClN6. The summed E-state index contributed by atoms with van der Waals surface area (Å²) in [6.07, 6.45) is 3.23. The van der Waals surface area contributed by atoms with Gasteiger partial charge in [0.05, 0.1) is 5.69 Å². The zero-order chi connectivity index (χ0) is 21.7. The lowest BCUT2D eigenvalue weighted by atomic mass is 10.1. The number of aryl methyl sites for hydroxylation is 2. The van der Waals surface area contributed by atoms with Crippen molar-refractivity contribution in [2.24, 2.45) is 0 Å². The van der Waals surface area contributed by atoms with Gasteiger partial charge in [0.2, 0.25) is 0 Å². The number of hydrogen-bond donors (Lipinski definition) is 0. The molecule has 1 aliphatic heterocycles. The highest BCUT2D eigenvalue weighted by atomic mass is 35.5. The van der Waals surface area contributed by atoms with E-state index in [1.807, 2.05) is 22.7 Å². The van der Waals surface area contributed by atoms with E-state index >= 15 is 0 Å². The zero-order valence-electron chi connectivity index (χ0n) is 18.1. The van der Waals surface area contributed by atoms with Gasteiger partial charge in [0.15, 0.2) is 5.82 Å². The minimum Gasteiger partial charge on any atom is -0.368 e. The lowest BCUT2D eigenvalue weighted by Crippen LogP contribution is -2.47. The Balaban J connectivity index is 1.36. The zero-order valence-corrected chi connectivity index (χ0v) is 18.9. The molecule has 0 atom stereocenters. The van der Waals surface area contributed by atoms with Crippen molar-refractivity contribution in [2.75, 3.05) is 36.0 Å². The fourth-order valence-electron chi connectivity index (χ4n) is 4.86. The van der Waals surface area contributed by atoms with Gasteiger partial charge in [0.1, 0.15) is 5.82 Å². The summed E-state index contributed by atoms with van der Waals surface area (Å²) in [6.45, 7) is 5.83. The van der Waals surface area contributed by atoms with Gasteiger partial charge in [-0.15, -0.1) is 5.10 Å². The minimum atomic E-state index is 0.702. The predicted octanol–water partition coefficient (Wildman–Crippen LogP) is 4.57. The first kappa shape index (κ1) is 19.6. The topological polar surface area (TPSA) is 49.6 Å². The first-order chi connectivity index (χ1) is 15.7. The lowest BCUT2D eigenvalue weighted by molar-refractivity contribution is 0.636. The summed E-state index contributed by atoms with van der Waals surface area (Å²) in [5.41, 5.74) is 5.97. The molecule has 0 unspecified atom stereocenters. The van der Waals surface area contributed by atoms with E-state index in [1.165, 1.54) is 28.3 Å². The van der Waals surface area contributed by atoms with E-state index < -0.39 is 0 Å². The van der Waals surface area contributed by atoms with Crippen LogP contribution >= 0.6 is 11.6 Å². The molecule has 6 rings (SSSR count). The number of benzene rings is 2. The monoisotopic (exact) mass is 444 g/mol. The summed E-state index contributed by atoms with van der Waals surface area (Å²) in [7, 11) is 0. The minimum absolute atomic E-state index is 0.702. The van der Waals surface area contributed by atoms with Crippen molar-refractivity contribution in [3.63, 3.8) is 0 Å². The first-order valence-corrected chi connectivity index (χ1v) is 11.6. The maximum Gasteiger partial charge on any atom is 0.254 e. The van der Waals surface area contributed by atoms with Crippen LogP contribution in [0.3, 0.4) is 0 Å². The van der Waals surface area contributed by atoms with E-state index in [0.29, 0.717) is 5.78 Å². The normalized spacial score (nSPS) is 16.1. The molecular weight excluding hydrogens is 420 g/mol. The van der Waals surface area contributed by atoms with Crippen molar-refractivity contribution in [1.29, 1.82) is 0 Å². The van der Waals surface area contributed by atoms with Gasteiger partial charge in [0.25, 0.3) is 5.78 Å². The number of aromatic nitrogens is 4. The van der Waals surface area contributed by atoms with E-state index in [-0.39, 0.29) is 0 Å². The van der Waals surface area contributed by atoms with Gasteiger partial charge in [-0.3, -0.25) is 0 Å². The maximum absolute atomic E-state index is 6.22. The highest BCUT2D eigenvalue weighted by Gasteiger charge is 2.28. The molecule has 1 fully saturated rings. The second kappa shape index (κ2) is 7.78. The Hall–Kier alpha value is -3.12. The van der Waals surface area contributed by atoms with Crippen LogP contribution in [0, 0.1) is 6.92 Å². The van der Waals surface area contributed by atoms with Gasteiger partial charge in [-0.25, -0.2) is 4.98 Å². The molecule has 0 bridgehead atoms. The molecule has 32 heavy (non-hydrogen) atoms. The molecule has 1 aliphatic carbocycles. The largest absolute Gasteiger partial charge is 0.368 e. The van der Waals surface area contributed by atoms with Crippen molar-refractivity contribution in [3.8, 4) is 11.4 Å². The van der Waals surface area contributed by atoms with E-state index in [0.717, 1.165) is 61.9 Å². The summed E-state index contributed by atoms with van der Waals surface area (Å²) in [5.74, 6) is 2.62. The number of halogens is 1. The molecule has 0 spiro atoms. The van der Waals surface area contributed by atoms with Crippen LogP contribution in [0.15, 0.2) is 48.5 Å². The first-order valence-electron chi connectivity index (χ1n) is 11.3. The second-order valence-electron chi connectivity index (χ2n) is 8.68. The molecule has 6 nitrogen and oxygen atoms in total. The quantitative estimate of drug-likeness (QED) is 0.463. The van der Waals surface area contributed by atoms with Gasteiger partial charge >= 0.3 is 0 Å². The number of fused-ring (bicyclic) bond motifs is 2. The van der Waals surface area contributed by atoms with Crippen molar-refractivity contribution < 1.29 is 0 Å². The average molecular weight is 445 g/mol. The van der Waals surface area contributed by atoms with Gasteiger partial charge < -0.3 is 9.80 Å². The van der Waals surface area contributed by atoms with Crippen molar-refractivity contribution in [3.05, 3.63) is 70.4 Å². The summed E-state index contributed by atoms with van der Waals surface area (Å²) in [5, 5.41) is 5.71. The summed E-state index contributed by atoms with van der Waals surface area (Å²) >= 11 is 6.22. The number of hydrogen-bond acceptors (Lipinski definition) is 5. The molecule has 2 aromatic carbocycles. The third-order valence-electron chi connectivity index (χ3n) is 6.55. The molecule has 1 saturated heterocycles. The maximum atomic E-state index is 6.22. The van der Waals surface area contributed by atoms with E-state index in [1.54, 1.807) is 0 Å². The fourth-order valence-corrected chi connectivity index (χ4v) is 5.04. The third kappa shape index (κ3) is 3.39. The van der Waals surface area contributed by atoms with Crippen LogP contribution in [0.4, 0.5) is 11.5 Å². The Morgan fingerprint density at radius 3 is 2.44 bits per heavy atom. The van der Waals surface area contributed by atoms with Crippen LogP contribution in [-0.2, 0) is 12.8 Å². The Kier molecular flexibility index (Phi) is 4.76. The molecule has 0 N–H and O–H groups in total. The molecule has 7 heteroatoms. The fraction of sp³-hybridized carbons (Fsp3) is 0.320. The second-order valence-corrected chi connectivity index (χ2v) is 9.12. The lowest BCUT2D eigenvalue weighted by Gasteiger charge is -2.38. The Labute approximate surface area is 192 Å². The van der Waals surface area contributed by atoms with Gasteiger partial charge in [-0.2, -0.15) is 9.50 Å². The highest BCUT2D eigenvalue weighted by Crippen LogP contribution is 2.33. The molecule has 0 saturated carbocycles. The van der Waals surface area contributed by atoms with Gasteiger partial charge in [-0.05, 0) is 44.4 Å². The standard InChI is InChI=1S/C25H25ClN6/c1-17-8-10-18(11-9-17)23-28-25-27-22-7-3-6-21(22)24(32(25)29-23)31-14-12-30(13-15-31)20-5-2-4-19(26)16-20/h2,4-5,8-11,16H,3,6-7,12-15H2,1H3. The third-order valence-corrected chi connectivity index (χ3v) is 6.78. The Morgan fingerprint density at radius 2 is 1.66 bits per heavy atom. The molecule has 4 aromatic rings. The molecule has 0 amide bonds. The average Bonchev–Trinajstić information content (AvgIpc) is 3.45. The van der Waals surface area contributed by atoms with Crippen LogP contribution < -0.4 is 9.80 Å². The van der Waals surface area contributed by atoms with Crippen molar-refractivity contribution >= 4 is 28.9 Å². The SMILES string of the molecule is Cc1ccc(-c2nc3nc4c(c(N5CCN(c6cccc(Cl)c6)CC5)n3n2)CCC4)cc1. The summed E-state index contributed by atoms with van der Waals surface area (Å²) < 4.78 is 1.98. The summed E-state index contributed by atoms with van der Waals surface area (Å²) in [6, 6.07) is 16.5. The molecule has 2 aliphatic rings. The van der Waals surface area contributed by atoms with Crippen LogP contribution in [0.1, 0.15) is 23.2 Å². The van der Waals surface area contributed by atoms with E-state index in [4.69, 9.17) is 26.7 Å². The number of rotatable bonds is 3. The van der Waals surface area contributed by atoms with Gasteiger partial charge in [-0.1, -0.05) is 47.5 Å². The number of anilines is 2. The summed E-state index contributed by atoms with van der Waals surface area (Å²) in [4.78, 5) is 14.6. The molecule has 162 valence electrons. The Morgan fingerprint density at radius 1 is 0.875 bits per heavy atom. The van der Waals surface area contributed by atoms with Crippen molar-refractivity contribution in [2.45, 2.75) is 26.2 Å². The smallest absolute Gasteiger partial charge is 0.254 e. The van der Waals surface area contributed by atoms with Crippen LogP contribution in [0.25, 0.3) is 17.2 Å². The Bertz CT molecular complexity index is 1290. The predicted molar refractivity (Wildman–Crippen MR) is 129 cm³/mol. The number of piperazine rings is 1. The van der Waals surface area contributed by atoms with Crippen LogP contribution in [-0.4, -0.2) is 45.8 Å². The van der Waals surface area contributed by atoms with E-state index in [9.17, 15) is 0 Å². The number of nitrogens with zero attached hydrogens (tertiary/aromatic N) is 6. The van der Waals surface area contributed by atoms with Crippen LogP contribution in [0.2, 0.25) is 5.02 Å². The molecule has 2 aromatic heterocycles. The van der Waals surface area contributed by atoms with Crippen molar-refractivity contribution in [1.82, 2.24) is 19.6 Å². The molecule has 3 heterocycles. The molecule has 0 radical (unpaired) electrons.